The molecule has 0 bridgehead atoms. The molecule has 5 nitrogen and oxygen atoms in total. The van der Waals surface area contributed by atoms with Crippen LogP contribution in [-0.2, 0) is 9.53 Å². The van der Waals surface area contributed by atoms with Crippen LogP contribution in [0.3, 0.4) is 0 Å². The molecular formula is C29H25NO4. The summed E-state index contributed by atoms with van der Waals surface area (Å²) in [4.78, 5) is 21.6. The normalized spacial score (nSPS) is 11.4. The number of hydrogen-bond acceptors (Lipinski definition) is 3. The molecule has 0 saturated carbocycles. The summed E-state index contributed by atoms with van der Waals surface area (Å²) in [5, 5.41) is 10.3. The van der Waals surface area contributed by atoms with Crippen LogP contribution in [0.25, 0.3) is 22.3 Å². The third-order valence-corrected chi connectivity index (χ3v) is 5.59. The molecule has 1 amide bonds. The van der Waals surface area contributed by atoms with Crippen LogP contribution in [0.15, 0.2) is 103 Å². The van der Waals surface area contributed by atoms with E-state index < -0.39 is 12.1 Å². The summed E-state index contributed by atoms with van der Waals surface area (Å²) in [5.41, 5.74) is 7.60. The van der Waals surface area contributed by atoms with E-state index in [4.69, 9.17) is 14.6 Å². The average molecular weight is 452 g/mol. The number of benzene rings is 4. The standard InChI is InChI=1S/C27H21NO2.C2H4O2/c29-27(28-26-17-9-8-12-20(26)19-10-2-1-3-11-19)30-18-25-23-15-6-4-13-21(23)22-14-5-7-16-24(22)25;1-2(3)4/h1-17,25H,18H2,(H,28,29);1H3,(H,3,4). The quantitative estimate of drug-likeness (QED) is 0.358. The van der Waals surface area contributed by atoms with Gasteiger partial charge in [-0.1, -0.05) is 97.1 Å². The molecule has 0 saturated heterocycles. The number of amides is 1. The highest BCUT2D eigenvalue weighted by molar-refractivity contribution is 5.91. The lowest BCUT2D eigenvalue weighted by atomic mass is 9.98. The molecule has 0 atom stereocenters. The number of aliphatic carboxylic acids is 1. The number of carbonyl (C=O) groups is 2. The number of rotatable bonds is 4. The minimum absolute atomic E-state index is 0.0486. The number of nitrogens with one attached hydrogen (secondary N) is 1. The third-order valence-electron chi connectivity index (χ3n) is 5.59. The van der Waals surface area contributed by atoms with Gasteiger partial charge in [-0.2, -0.15) is 0 Å². The Balaban J connectivity index is 0.000000636. The van der Waals surface area contributed by atoms with Crippen molar-refractivity contribution in [3.63, 3.8) is 0 Å². The van der Waals surface area contributed by atoms with Crippen molar-refractivity contribution in [2.75, 3.05) is 11.9 Å². The first kappa shape index (κ1) is 22.8. The maximum atomic E-state index is 12.6. The molecule has 4 aromatic carbocycles. The molecule has 0 aromatic heterocycles. The molecule has 5 heteroatoms. The van der Waals surface area contributed by atoms with Gasteiger partial charge in [-0.05, 0) is 33.9 Å². The molecule has 170 valence electrons. The van der Waals surface area contributed by atoms with E-state index in [-0.39, 0.29) is 5.92 Å². The Kier molecular flexibility index (Phi) is 7.04. The van der Waals surface area contributed by atoms with Crippen molar-refractivity contribution in [2.24, 2.45) is 0 Å². The van der Waals surface area contributed by atoms with Crippen LogP contribution in [0.1, 0.15) is 24.0 Å². The number of carbonyl (C=O) groups excluding carboxylic acids is 1. The number of ether oxygens (including phenoxy) is 1. The van der Waals surface area contributed by atoms with E-state index in [9.17, 15) is 4.79 Å². The second-order valence-corrected chi connectivity index (χ2v) is 7.88. The summed E-state index contributed by atoms with van der Waals surface area (Å²) in [6.45, 7) is 1.38. The van der Waals surface area contributed by atoms with E-state index in [0.29, 0.717) is 6.61 Å². The topological polar surface area (TPSA) is 75.6 Å². The number of para-hydroxylation sites is 1. The molecule has 0 radical (unpaired) electrons. The molecule has 34 heavy (non-hydrogen) atoms. The first-order chi connectivity index (χ1) is 16.5. The highest BCUT2D eigenvalue weighted by Gasteiger charge is 2.29. The highest BCUT2D eigenvalue weighted by Crippen LogP contribution is 2.44. The Labute approximate surface area is 198 Å². The predicted octanol–water partition coefficient (Wildman–Crippen LogP) is 6.81. The zero-order chi connectivity index (χ0) is 23.9. The lowest BCUT2D eigenvalue weighted by molar-refractivity contribution is -0.134. The Bertz CT molecular complexity index is 1250. The molecule has 0 spiro atoms. The van der Waals surface area contributed by atoms with Gasteiger partial charge < -0.3 is 9.84 Å². The van der Waals surface area contributed by atoms with Crippen LogP contribution >= 0.6 is 0 Å². The van der Waals surface area contributed by atoms with Crippen LogP contribution in [-0.4, -0.2) is 23.8 Å². The summed E-state index contributed by atoms with van der Waals surface area (Å²) in [7, 11) is 0. The van der Waals surface area contributed by atoms with E-state index in [2.05, 4.69) is 29.6 Å². The van der Waals surface area contributed by atoms with Crippen LogP contribution < -0.4 is 5.32 Å². The van der Waals surface area contributed by atoms with Gasteiger partial charge in [0.25, 0.3) is 5.97 Å². The van der Waals surface area contributed by atoms with Crippen LogP contribution in [0.4, 0.5) is 10.5 Å². The molecule has 5 rings (SSSR count). The van der Waals surface area contributed by atoms with E-state index in [1.807, 2.05) is 78.9 Å². The van der Waals surface area contributed by atoms with Gasteiger partial charge in [-0.3, -0.25) is 10.1 Å². The van der Waals surface area contributed by atoms with Crippen molar-refractivity contribution in [2.45, 2.75) is 12.8 Å². The summed E-state index contributed by atoms with van der Waals surface area (Å²) >= 11 is 0. The Hall–Kier alpha value is -4.38. The van der Waals surface area contributed by atoms with Gasteiger partial charge in [0.05, 0.1) is 5.69 Å². The largest absolute Gasteiger partial charge is 0.481 e. The van der Waals surface area contributed by atoms with E-state index in [0.717, 1.165) is 23.7 Å². The fourth-order valence-electron chi connectivity index (χ4n) is 4.21. The van der Waals surface area contributed by atoms with Crippen LogP contribution in [0.5, 0.6) is 0 Å². The van der Waals surface area contributed by atoms with Gasteiger partial charge >= 0.3 is 6.09 Å². The van der Waals surface area contributed by atoms with Crippen LogP contribution in [0.2, 0.25) is 0 Å². The summed E-state index contributed by atoms with van der Waals surface area (Å²) in [6, 6.07) is 34.4. The highest BCUT2D eigenvalue weighted by atomic mass is 16.5. The maximum absolute atomic E-state index is 12.6. The van der Waals surface area contributed by atoms with E-state index >= 15 is 0 Å². The van der Waals surface area contributed by atoms with E-state index in [1.165, 1.54) is 22.3 Å². The SMILES string of the molecule is CC(=O)O.O=C(Nc1ccccc1-c1ccccc1)OCC1c2ccccc2-c2ccccc21. The number of carboxylic acids is 1. The molecule has 1 aliphatic carbocycles. The minimum atomic E-state index is -0.833. The van der Waals surface area contributed by atoms with Gasteiger partial charge in [-0.25, -0.2) is 4.79 Å². The molecule has 0 fully saturated rings. The monoisotopic (exact) mass is 451 g/mol. The second kappa shape index (κ2) is 10.5. The number of anilines is 1. The first-order valence-corrected chi connectivity index (χ1v) is 11.0. The lowest BCUT2D eigenvalue weighted by Gasteiger charge is -2.16. The predicted molar refractivity (Wildman–Crippen MR) is 134 cm³/mol. The van der Waals surface area contributed by atoms with Crippen molar-refractivity contribution < 1.29 is 19.4 Å². The van der Waals surface area contributed by atoms with Gasteiger partial charge in [0, 0.05) is 18.4 Å². The summed E-state index contributed by atoms with van der Waals surface area (Å²) in [6.07, 6.45) is -0.444. The van der Waals surface area contributed by atoms with Crippen molar-refractivity contribution in [1.29, 1.82) is 0 Å². The smallest absolute Gasteiger partial charge is 0.411 e. The number of carboxylic acid groups (broad SMARTS) is 1. The van der Waals surface area contributed by atoms with Crippen molar-refractivity contribution in [1.82, 2.24) is 0 Å². The zero-order valence-corrected chi connectivity index (χ0v) is 18.8. The van der Waals surface area contributed by atoms with Gasteiger partial charge in [0.1, 0.15) is 6.61 Å². The molecule has 4 aromatic rings. The minimum Gasteiger partial charge on any atom is -0.481 e. The third kappa shape index (κ3) is 5.15. The lowest BCUT2D eigenvalue weighted by Crippen LogP contribution is -2.18. The molecule has 2 N–H and O–H groups in total. The summed E-state index contributed by atoms with van der Waals surface area (Å²) < 4.78 is 5.68. The number of hydrogen-bond donors (Lipinski definition) is 2. The Morgan fingerprint density at radius 3 is 1.79 bits per heavy atom. The average Bonchev–Trinajstić information content (AvgIpc) is 3.17. The number of fused-ring (bicyclic) bond motifs is 3. The van der Waals surface area contributed by atoms with Crippen molar-refractivity contribution in [3.8, 4) is 22.3 Å². The van der Waals surface area contributed by atoms with E-state index in [1.54, 1.807) is 0 Å². The maximum Gasteiger partial charge on any atom is 0.411 e. The second-order valence-electron chi connectivity index (χ2n) is 7.88. The molecular weight excluding hydrogens is 426 g/mol. The molecule has 0 unspecified atom stereocenters. The Morgan fingerprint density at radius 2 is 1.21 bits per heavy atom. The van der Waals surface area contributed by atoms with Gasteiger partial charge in [0.15, 0.2) is 0 Å². The van der Waals surface area contributed by atoms with Crippen molar-refractivity contribution >= 4 is 17.7 Å². The van der Waals surface area contributed by atoms with Crippen LogP contribution in [0, 0.1) is 0 Å². The molecule has 1 aliphatic rings. The summed E-state index contributed by atoms with van der Waals surface area (Å²) in [5.74, 6) is -0.785. The molecule has 0 aliphatic heterocycles. The van der Waals surface area contributed by atoms with Crippen molar-refractivity contribution in [3.05, 3.63) is 114 Å². The zero-order valence-electron chi connectivity index (χ0n) is 18.8. The Morgan fingerprint density at radius 1 is 0.735 bits per heavy atom. The fraction of sp³-hybridized carbons (Fsp3) is 0.103. The molecule has 0 heterocycles. The van der Waals surface area contributed by atoms with Gasteiger partial charge in [-0.15, -0.1) is 0 Å². The fourth-order valence-corrected chi connectivity index (χ4v) is 4.21. The first-order valence-electron chi connectivity index (χ1n) is 11.0. The van der Waals surface area contributed by atoms with Gasteiger partial charge in [0.2, 0.25) is 0 Å².